The SMILES string of the molecule is O=C(COC(=O)c1ccccc1-n1cnnn1)Nc1cccc2nsnc12. The van der Waals surface area contributed by atoms with E-state index in [1.54, 1.807) is 42.5 Å². The zero-order chi connectivity index (χ0) is 18.6. The average Bonchev–Trinajstić information content (AvgIpc) is 3.38. The molecule has 1 N–H and O–H groups in total. The molecule has 2 aromatic carbocycles. The molecule has 10 nitrogen and oxygen atoms in total. The number of benzene rings is 2. The van der Waals surface area contributed by atoms with Gasteiger partial charge in [-0.3, -0.25) is 4.79 Å². The van der Waals surface area contributed by atoms with Crippen LogP contribution in [0.25, 0.3) is 16.7 Å². The van der Waals surface area contributed by atoms with Gasteiger partial charge in [0.2, 0.25) is 0 Å². The number of carbonyl (C=O) groups is 2. The highest BCUT2D eigenvalue weighted by atomic mass is 32.1. The molecule has 0 bridgehead atoms. The van der Waals surface area contributed by atoms with Crippen LogP contribution >= 0.6 is 11.7 Å². The van der Waals surface area contributed by atoms with Crippen LogP contribution in [0, 0.1) is 0 Å². The van der Waals surface area contributed by atoms with Gasteiger partial charge in [-0.2, -0.15) is 13.4 Å². The van der Waals surface area contributed by atoms with Gasteiger partial charge in [0, 0.05) is 0 Å². The number of carbonyl (C=O) groups excluding carboxylic acids is 2. The summed E-state index contributed by atoms with van der Waals surface area (Å²) in [5, 5.41) is 13.5. The minimum Gasteiger partial charge on any atom is -0.452 e. The number of anilines is 1. The molecule has 0 saturated carbocycles. The minimum atomic E-state index is -0.662. The summed E-state index contributed by atoms with van der Waals surface area (Å²) in [7, 11) is 0. The highest BCUT2D eigenvalue weighted by molar-refractivity contribution is 7.00. The standard InChI is InChI=1S/C16H11N7O3S/c24-14(18-11-5-3-6-12-15(11)20-27-19-12)8-26-16(25)10-4-1-2-7-13(10)23-9-17-21-22-23/h1-7,9H,8H2,(H,18,24). The van der Waals surface area contributed by atoms with Crippen LogP contribution in [0.3, 0.4) is 0 Å². The zero-order valence-corrected chi connectivity index (χ0v) is 14.5. The molecule has 27 heavy (non-hydrogen) atoms. The Morgan fingerprint density at radius 2 is 2.00 bits per heavy atom. The second-order valence-corrected chi connectivity index (χ2v) is 5.86. The number of aromatic nitrogens is 6. The summed E-state index contributed by atoms with van der Waals surface area (Å²) in [6.07, 6.45) is 1.36. The lowest BCUT2D eigenvalue weighted by molar-refractivity contribution is -0.119. The summed E-state index contributed by atoms with van der Waals surface area (Å²) in [5.41, 5.74) is 2.47. The molecule has 0 aliphatic carbocycles. The summed E-state index contributed by atoms with van der Waals surface area (Å²) in [4.78, 5) is 24.5. The smallest absolute Gasteiger partial charge is 0.340 e. The van der Waals surface area contributed by atoms with Crippen molar-refractivity contribution in [3.05, 3.63) is 54.4 Å². The number of rotatable bonds is 5. The molecule has 2 heterocycles. The first-order valence-corrected chi connectivity index (χ1v) is 8.46. The lowest BCUT2D eigenvalue weighted by atomic mass is 10.2. The molecule has 134 valence electrons. The van der Waals surface area contributed by atoms with Crippen molar-refractivity contribution in [3.8, 4) is 5.69 Å². The summed E-state index contributed by atoms with van der Waals surface area (Å²) in [6, 6.07) is 11.9. The molecule has 4 rings (SSSR count). The fourth-order valence-electron chi connectivity index (χ4n) is 2.42. The summed E-state index contributed by atoms with van der Waals surface area (Å²) < 4.78 is 14.7. The number of hydrogen-bond donors (Lipinski definition) is 1. The Morgan fingerprint density at radius 1 is 1.11 bits per heavy atom. The van der Waals surface area contributed by atoms with Gasteiger partial charge in [0.25, 0.3) is 5.91 Å². The third-order valence-corrected chi connectivity index (χ3v) is 4.16. The molecular weight excluding hydrogens is 370 g/mol. The fraction of sp³-hybridized carbons (Fsp3) is 0.0625. The Kier molecular flexibility index (Phi) is 4.49. The van der Waals surface area contributed by atoms with Crippen LogP contribution in [0.5, 0.6) is 0 Å². The van der Waals surface area contributed by atoms with Crippen molar-refractivity contribution in [3.63, 3.8) is 0 Å². The predicted octanol–water partition coefficient (Wildman–Crippen LogP) is 1.46. The Hall–Kier alpha value is -3.73. The Labute approximate surface area is 156 Å². The second-order valence-electron chi connectivity index (χ2n) is 5.33. The van der Waals surface area contributed by atoms with Crippen molar-refractivity contribution in [1.82, 2.24) is 29.0 Å². The van der Waals surface area contributed by atoms with Crippen LogP contribution in [-0.4, -0.2) is 47.4 Å². The van der Waals surface area contributed by atoms with Crippen LogP contribution in [0.15, 0.2) is 48.8 Å². The van der Waals surface area contributed by atoms with Crippen LogP contribution in [0.4, 0.5) is 5.69 Å². The number of para-hydroxylation sites is 1. The Balaban J connectivity index is 1.44. The molecule has 0 unspecified atom stereocenters. The van der Waals surface area contributed by atoms with Crippen LogP contribution in [-0.2, 0) is 9.53 Å². The maximum atomic E-state index is 12.4. The number of nitrogens with zero attached hydrogens (tertiary/aromatic N) is 6. The van der Waals surface area contributed by atoms with Crippen LogP contribution in [0.2, 0.25) is 0 Å². The van der Waals surface area contributed by atoms with E-state index in [1.165, 1.54) is 11.0 Å². The van der Waals surface area contributed by atoms with Gasteiger partial charge in [-0.05, 0) is 34.7 Å². The maximum Gasteiger partial charge on any atom is 0.340 e. The lowest BCUT2D eigenvalue weighted by Crippen LogP contribution is -2.21. The average molecular weight is 381 g/mol. The maximum absolute atomic E-state index is 12.4. The molecule has 0 spiro atoms. The third kappa shape index (κ3) is 3.48. The number of fused-ring (bicyclic) bond motifs is 1. The largest absolute Gasteiger partial charge is 0.452 e. The van der Waals surface area contributed by atoms with Gasteiger partial charge in [0.1, 0.15) is 17.4 Å². The third-order valence-electron chi connectivity index (χ3n) is 3.61. The number of ether oxygens (including phenoxy) is 1. The van der Waals surface area contributed by atoms with E-state index < -0.39 is 18.5 Å². The number of esters is 1. The number of hydrogen-bond acceptors (Lipinski definition) is 9. The van der Waals surface area contributed by atoms with Crippen LogP contribution in [0.1, 0.15) is 10.4 Å². The van der Waals surface area contributed by atoms with Gasteiger partial charge in [-0.15, -0.1) is 5.10 Å². The van der Waals surface area contributed by atoms with Gasteiger partial charge in [-0.25, -0.2) is 4.79 Å². The van der Waals surface area contributed by atoms with Gasteiger partial charge < -0.3 is 10.1 Å². The first-order chi connectivity index (χ1) is 13.2. The van der Waals surface area contributed by atoms with Gasteiger partial charge >= 0.3 is 5.97 Å². The van der Waals surface area contributed by atoms with Crippen LogP contribution < -0.4 is 5.32 Å². The van der Waals surface area contributed by atoms with Crippen molar-refractivity contribution in [2.75, 3.05) is 11.9 Å². The minimum absolute atomic E-state index is 0.239. The van der Waals surface area contributed by atoms with E-state index in [2.05, 4.69) is 29.6 Å². The zero-order valence-electron chi connectivity index (χ0n) is 13.6. The summed E-state index contributed by atoms with van der Waals surface area (Å²) >= 11 is 1.05. The summed E-state index contributed by atoms with van der Waals surface area (Å²) in [5.74, 6) is -1.14. The van der Waals surface area contributed by atoms with Crippen molar-refractivity contribution < 1.29 is 14.3 Å². The molecule has 0 aliphatic heterocycles. The fourth-order valence-corrected chi connectivity index (χ4v) is 2.97. The van der Waals surface area contributed by atoms with E-state index in [1.807, 2.05) is 0 Å². The quantitative estimate of drug-likeness (QED) is 0.515. The molecular formula is C16H11N7O3S. The predicted molar refractivity (Wildman–Crippen MR) is 95.5 cm³/mol. The first-order valence-electron chi connectivity index (χ1n) is 7.73. The Morgan fingerprint density at radius 3 is 2.85 bits per heavy atom. The highest BCUT2D eigenvalue weighted by Crippen LogP contribution is 2.21. The second kappa shape index (κ2) is 7.25. The molecule has 11 heteroatoms. The monoisotopic (exact) mass is 381 g/mol. The van der Waals surface area contributed by atoms with Crippen molar-refractivity contribution in [1.29, 1.82) is 0 Å². The Bertz CT molecular complexity index is 1110. The molecule has 1 amide bonds. The molecule has 0 radical (unpaired) electrons. The molecule has 0 saturated heterocycles. The molecule has 4 aromatic rings. The van der Waals surface area contributed by atoms with E-state index >= 15 is 0 Å². The van der Waals surface area contributed by atoms with E-state index in [0.717, 1.165) is 11.7 Å². The van der Waals surface area contributed by atoms with Crippen molar-refractivity contribution in [2.45, 2.75) is 0 Å². The summed E-state index contributed by atoms with van der Waals surface area (Å²) in [6.45, 7) is -0.448. The first kappa shape index (κ1) is 16.7. The van der Waals surface area contributed by atoms with Gasteiger partial charge in [0.15, 0.2) is 6.61 Å². The highest BCUT2D eigenvalue weighted by Gasteiger charge is 2.16. The van der Waals surface area contributed by atoms with E-state index in [0.29, 0.717) is 22.4 Å². The number of nitrogens with one attached hydrogen (secondary N) is 1. The van der Waals surface area contributed by atoms with E-state index in [9.17, 15) is 9.59 Å². The number of amides is 1. The van der Waals surface area contributed by atoms with Gasteiger partial charge in [-0.1, -0.05) is 18.2 Å². The molecule has 0 fully saturated rings. The number of tetrazole rings is 1. The van der Waals surface area contributed by atoms with Crippen molar-refractivity contribution in [2.24, 2.45) is 0 Å². The van der Waals surface area contributed by atoms with E-state index in [4.69, 9.17) is 4.74 Å². The van der Waals surface area contributed by atoms with E-state index in [-0.39, 0.29) is 5.56 Å². The van der Waals surface area contributed by atoms with Crippen molar-refractivity contribution >= 4 is 40.3 Å². The molecule has 0 aliphatic rings. The normalized spacial score (nSPS) is 10.7. The molecule has 0 atom stereocenters. The van der Waals surface area contributed by atoms with Gasteiger partial charge in [0.05, 0.1) is 28.7 Å². The lowest BCUT2D eigenvalue weighted by Gasteiger charge is -2.09. The molecule has 2 aromatic heterocycles. The topological polar surface area (TPSA) is 125 Å².